The van der Waals surface area contributed by atoms with Crippen LogP contribution in [0.5, 0.6) is 0 Å². The van der Waals surface area contributed by atoms with E-state index in [1.54, 1.807) is 0 Å². The molecule has 1 aliphatic rings. The van der Waals surface area contributed by atoms with Crippen molar-refractivity contribution in [3.05, 3.63) is 59.2 Å². The number of rotatable bonds is 5. The van der Waals surface area contributed by atoms with E-state index in [0.29, 0.717) is 23.7 Å². The van der Waals surface area contributed by atoms with Crippen molar-refractivity contribution >= 4 is 5.71 Å². The highest BCUT2D eigenvalue weighted by Gasteiger charge is 2.29. The zero-order valence-electron chi connectivity index (χ0n) is 16.3. The van der Waals surface area contributed by atoms with Gasteiger partial charge in [0.25, 0.3) is 0 Å². The Balaban J connectivity index is 2.01. The van der Waals surface area contributed by atoms with Crippen molar-refractivity contribution in [3.8, 4) is 6.07 Å². The van der Waals surface area contributed by atoms with E-state index in [4.69, 9.17) is 5.21 Å². The summed E-state index contributed by atoms with van der Waals surface area (Å²) in [5.41, 5.74) is 4.02. The van der Waals surface area contributed by atoms with Crippen LogP contribution >= 0.6 is 0 Å². The maximum Gasteiger partial charge on any atom is 0.0994 e. The summed E-state index contributed by atoms with van der Waals surface area (Å²) < 4.78 is 0. The van der Waals surface area contributed by atoms with Crippen molar-refractivity contribution < 1.29 is 5.21 Å². The summed E-state index contributed by atoms with van der Waals surface area (Å²) in [6.07, 6.45) is 9.36. The van der Waals surface area contributed by atoms with Crippen LogP contribution in [0.3, 0.4) is 0 Å². The molecule has 26 heavy (non-hydrogen) atoms. The molecule has 3 heteroatoms. The van der Waals surface area contributed by atoms with Gasteiger partial charge in [-0.25, -0.2) is 0 Å². The smallest absolute Gasteiger partial charge is 0.0994 e. The topological polar surface area (TPSA) is 56.4 Å². The number of nitriles is 1. The van der Waals surface area contributed by atoms with E-state index in [1.807, 2.05) is 24.3 Å². The zero-order valence-corrected chi connectivity index (χ0v) is 16.3. The van der Waals surface area contributed by atoms with Gasteiger partial charge in [-0.2, -0.15) is 5.26 Å². The number of allylic oxidation sites excluding steroid dienone is 4. The van der Waals surface area contributed by atoms with Crippen molar-refractivity contribution in [1.82, 2.24) is 0 Å². The molecule has 0 heterocycles. The van der Waals surface area contributed by atoms with Crippen molar-refractivity contribution in [2.75, 3.05) is 0 Å². The molecule has 1 aliphatic carbocycles. The molecular formula is C23H30N2O. The number of benzene rings is 1. The first-order chi connectivity index (χ1) is 12.5. The summed E-state index contributed by atoms with van der Waals surface area (Å²) in [6.45, 7) is 8.80. The number of nitrogens with zero attached hydrogens (tertiary/aromatic N) is 2. The van der Waals surface area contributed by atoms with Crippen LogP contribution in [0, 0.1) is 29.1 Å². The van der Waals surface area contributed by atoms with Crippen molar-refractivity contribution in [2.24, 2.45) is 22.9 Å². The molecule has 0 radical (unpaired) electrons. The summed E-state index contributed by atoms with van der Waals surface area (Å²) in [7, 11) is 0. The minimum Gasteiger partial charge on any atom is -0.411 e. The Hall–Kier alpha value is -2.34. The van der Waals surface area contributed by atoms with Gasteiger partial charge in [-0.3, -0.25) is 0 Å². The van der Waals surface area contributed by atoms with Gasteiger partial charge >= 0.3 is 0 Å². The first kappa shape index (κ1) is 20.0. The van der Waals surface area contributed by atoms with Crippen LogP contribution in [0.2, 0.25) is 0 Å². The summed E-state index contributed by atoms with van der Waals surface area (Å²) >= 11 is 0. The van der Waals surface area contributed by atoms with Gasteiger partial charge in [0.15, 0.2) is 0 Å². The van der Waals surface area contributed by atoms with Crippen molar-refractivity contribution in [2.45, 2.75) is 52.9 Å². The SMILES string of the molecule is CC(/C=C/C1C/C(=N/O)CC(C)C1C)=C\CC(C)c1ccccc1C#N. The van der Waals surface area contributed by atoms with Crippen LogP contribution in [-0.2, 0) is 0 Å². The van der Waals surface area contributed by atoms with Crippen LogP contribution in [0.15, 0.2) is 53.2 Å². The lowest BCUT2D eigenvalue weighted by atomic mass is 9.73. The minimum atomic E-state index is 0.316. The van der Waals surface area contributed by atoms with Gasteiger partial charge < -0.3 is 5.21 Å². The predicted molar refractivity (Wildman–Crippen MR) is 107 cm³/mol. The molecule has 3 nitrogen and oxygen atoms in total. The maximum absolute atomic E-state index is 9.26. The lowest BCUT2D eigenvalue weighted by molar-refractivity contribution is 0.269. The molecule has 0 saturated heterocycles. The fourth-order valence-corrected chi connectivity index (χ4v) is 3.71. The molecule has 2 rings (SSSR count). The third-order valence-corrected chi connectivity index (χ3v) is 5.76. The number of hydrogen-bond acceptors (Lipinski definition) is 3. The monoisotopic (exact) mass is 350 g/mol. The van der Waals surface area contributed by atoms with Gasteiger partial charge in [0.2, 0.25) is 0 Å². The fourth-order valence-electron chi connectivity index (χ4n) is 3.71. The maximum atomic E-state index is 9.26. The number of hydrogen-bond donors (Lipinski definition) is 1. The van der Waals surface area contributed by atoms with E-state index in [1.165, 1.54) is 5.57 Å². The standard InChI is InChI=1S/C23H30N2O/c1-16(9-11-17(2)23-8-6-5-7-21(23)15-24)10-12-20-14-22(25-26)13-18(3)19(20)4/h5-10,12,17-20,26H,11,13-14H2,1-4H3/b12-10+,16-9+,25-22+. The Morgan fingerprint density at radius 2 is 2.08 bits per heavy atom. The Kier molecular flexibility index (Phi) is 7.21. The Morgan fingerprint density at radius 3 is 2.77 bits per heavy atom. The summed E-state index contributed by atoms with van der Waals surface area (Å²) in [4.78, 5) is 0. The third-order valence-electron chi connectivity index (χ3n) is 5.76. The van der Waals surface area contributed by atoms with E-state index >= 15 is 0 Å². The van der Waals surface area contributed by atoms with E-state index in [9.17, 15) is 5.26 Å². The Bertz CT molecular complexity index is 739. The second-order valence-electron chi connectivity index (χ2n) is 7.72. The zero-order chi connectivity index (χ0) is 19.1. The van der Waals surface area contributed by atoms with E-state index < -0.39 is 0 Å². The van der Waals surface area contributed by atoms with E-state index in [-0.39, 0.29) is 0 Å². The average molecular weight is 351 g/mol. The molecular weight excluding hydrogens is 320 g/mol. The highest BCUT2D eigenvalue weighted by atomic mass is 16.4. The molecule has 0 spiro atoms. The highest BCUT2D eigenvalue weighted by molar-refractivity contribution is 5.85. The first-order valence-electron chi connectivity index (χ1n) is 9.50. The van der Waals surface area contributed by atoms with Gasteiger partial charge in [-0.15, -0.1) is 0 Å². The molecule has 1 fully saturated rings. The predicted octanol–water partition coefficient (Wildman–Crippen LogP) is 6.07. The molecule has 0 bridgehead atoms. The quantitative estimate of drug-likeness (QED) is 0.398. The highest BCUT2D eigenvalue weighted by Crippen LogP contribution is 2.34. The lowest BCUT2D eigenvalue weighted by Crippen LogP contribution is -2.28. The van der Waals surface area contributed by atoms with Gasteiger partial charge in [-0.05, 0) is 61.5 Å². The van der Waals surface area contributed by atoms with Crippen LogP contribution in [-0.4, -0.2) is 10.9 Å². The second kappa shape index (κ2) is 9.38. The summed E-state index contributed by atoms with van der Waals surface area (Å²) in [5.74, 6) is 1.86. The van der Waals surface area contributed by atoms with E-state index in [2.05, 4.69) is 57.1 Å². The average Bonchev–Trinajstić information content (AvgIpc) is 2.66. The van der Waals surface area contributed by atoms with Crippen LogP contribution in [0.4, 0.5) is 0 Å². The molecule has 1 N–H and O–H groups in total. The van der Waals surface area contributed by atoms with Gasteiger partial charge in [-0.1, -0.05) is 67.9 Å². The fraction of sp³-hybridized carbons (Fsp3) is 0.478. The summed E-state index contributed by atoms with van der Waals surface area (Å²) in [6, 6.07) is 10.1. The molecule has 4 atom stereocenters. The molecule has 1 aromatic carbocycles. The molecule has 0 aromatic heterocycles. The molecule has 138 valence electrons. The molecule has 1 aromatic rings. The van der Waals surface area contributed by atoms with Gasteiger partial charge in [0.05, 0.1) is 17.3 Å². The van der Waals surface area contributed by atoms with Crippen molar-refractivity contribution in [1.29, 1.82) is 5.26 Å². The van der Waals surface area contributed by atoms with Crippen molar-refractivity contribution in [3.63, 3.8) is 0 Å². The molecule has 0 aliphatic heterocycles. The normalized spacial score (nSPS) is 26.8. The minimum absolute atomic E-state index is 0.316. The van der Waals surface area contributed by atoms with E-state index in [0.717, 1.165) is 36.1 Å². The first-order valence-corrected chi connectivity index (χ1v) is 9.50. The molecule has 0 amide bonds. The lowest BCUT2D eigenvalue weighted by Gasteiger charge is -2.32. The second-order valence-corrected chi connectivity index (χ2v) is 7.72. The molecule has 1 saturated carbocycles. The van der Waals surface area contributed by atoms with Gasteiger partial charge in [0, 0.05) is 0 Å². The summed E-state index contributed by atoms with van der Waals surface area (Å²) in [5, 5.41) is 21.8. The Labute approximate surface area is 157 Å². The van der Waals surface area contributed by atoms with Crippen LogP contribution in [0.25, 0.3) is 0 Å². The third kappa shape index (κ3) is 5.08. The van der Waals surface area contributed by atoms with Crippen LogP contribution < -0.4 is 0 Å². The van der Waals surface area contributed by atoms with Crippen LogP contribution in [0.1, 0.15) is 64.0 Å². The van der Waals surface area contributed by atoms with Gasteiger partial charge in [0.1, 0.15) is 0 Å². The Morgan fingerprint density at radius 1 is 1.35 bits per heavy atom. The largest absolute Gasteiger partial charge is 0.411 e. The number of oxime groups is 1. The molecule has 4 unspecified atom stereocenters.